The van der Waals surface area contributed by atoms with Gasteiger partial charge in [0.1, 0.15) is 16.8 Å². The van der Waals surface area contributed by atoms with E-state index in [1.165, 1.54) is 32.0 Å². The maximum Gasteiger partial charge on any atom is 0.242 e. The number of pyridine rings is 1. The van der Waals surface area contributed by atoms with Crippen LogP contribution in [0.5, 0.6) is 0 Å². The number of rotatable bonds is 6. The summed E-state index contributed by atoms with van der Waals surface area (Å²) >= 11 is 0. The van der Waals surface area contributed by atoms with E-state index in [4.69, 9.17) is 5.48 Å². The van der Waals surface area contributed by atoms with Gasteiger partial charge in [0.2, 0.25) is 10.0 Å². The molecule has 0 saturated heterocycles. The van der Waals surface area contributed by atoms with Crippen molar-refractivity contribution in [3.05, 3.63) is 47.4 Å². The maximum absolute atomic E-state index is 14.7. The van der Waals surface area contributed by atoms with Crippen molar-refractivity contribution in [1.82, 2.24) is 14.3 Å². The number of halogens is 1. The fraction of sp³-hybridized carbons (Fsp3) is 0.364. The Morgan fingerprint density at radius 1 is 1.43 bits per heavy atom. The number of fused-ring (bicyclic) bond motifs is 1. The maximum atomic E-state index is 14.7. The van der Waals surface area contributed by atoms with Gasteiger partial charge in [-0.05, 0) is 69.3 Å². The zero-order valence-corrected chi connectivity index (χ0v) is 17.3. The first-order chi connectivity index (χ1) is 15.7. The van der Waals surface area contributed by atoms with E-state index in [0.29, 0.717) is 29.4 Å². The molecule has 0 spiro atoms. The largest absolute Gasteiger partial charge is 0.338 e. The Bertz CT molecular complexity index is 1420. The van der Waals surface area contributed by atoms with Crippen molar-refractivity contribution >= 4 is 20.9 Å². The smallest absolute Gasteiger partial charge is 0.242 e. The van der Waals surface area contributed by atoms with E-state index in [1.54, 1.807) is 4.57 Å². The minimum atomic E-state index is -3.99. The second-order valence-corrected chi connectivity index (χ2v) is 9.41. The van der Waals surface area contributed by atoms with Crippen LogP contribution in [0.4, 0.5) is 4.39 Å². The molecule has 0 unspecified atom stereocenters. The van der Waals surface area contributed by atoms with Gasteiger partial charge in [-0.2, -0.15) is 5.26 Å². The number of hydrogen-bond donors (Lipinski definition) is 1. The molecule has 0 amide bonds. The molecule has 2 heterocycles. The summed E-state index contributed by atoms with van der Waals surface area (Å²) < 4.78 is 74.5. The van der Waals surface area contributed by atoms with Gasteiger partial charge in [-0.25, -0.2) is 17.5 Å². The topological polar surface area (TPSA) is 87.8 Å². The van der Waals surface area contributed by atoms with Crippen LogP contribution < -0.4 is 4.72 Å². The van der Waals surface area contributed by atoms with Crippen molar-refractivity contribution in [2.45, 2.75) is 51.0 Å². The molecule has 0 bridgehead atoms. The highest BCUT2D eigenvalue weighted by molar-refractivity contribution is 7.89. The van der Waals surface area contributed by atoms with Gasteiger partial charge in [-0.1, -0.05) is 0 Å². The molecule has 1 N–H and O–H groups in total. The first-order valence-corrected chi connectivity index (χ1v) is 11.0. The lowest BCUT2D eigenvalue weighted by molar-refractivity contribution is 0.569. The van der Waals surface area contributed by atoms with E-state index in [-0.39, 0.29) is 15.8 Å². The van der Waals surface area contributed by atoms with Crippen molar-refractivity contribution < 1.29 is 18.3 Å². The Labute approximate surface area is 181 Å². The molecule has 1 fully saturated rings. The Morgan fingerprint density at radius 3 is 2.77 bits per heavy atom. The molecule has 0 aliphatic heterocycles. The lowest BCUT2D eigenvalue weighted by Crippen LogP contribution is -2.30. The van der Waals surface area contributed by atoms with Crippen LogP contribution in [-0.4, -0.2) is 24.0 Å². The van der Waals surface area contributed by atoms with Gasteiger partial charge >= 0.3 is 0 Å². The van der Waals surface area contributed by atoms with Crippen molar-refractivity contribution in [2.24, 2.45) is 5.92 Å². The minimum absolute atomic E-state index is 0.139. The summed E-state index contributed by atoms with van der Waals surface area (Å²) in [6.07, 6.45) is 3.10. The molecule has 2 aromatic heterocycles. The standard InChI is InChI=1S/C22H23FN4O2S/c1-13(2)26-30(28,29)16-6-7-20(25-11-16)22-18(10-24)17-9-19(23)14(3)8-21(17)27(22)12-15-4-5-15/h6-9,11,13,15,26H,4-5,12H2,1-3H3/i3D3,13D. The first-order valence-electron chi connectivity index (χ1n) is 11.5. The molecule has 0 atom stereocenters. The summed E-state index contributed by atoms with van der Waals surface area (Å²) in [5.41, 5.74) is 0.809. The number of sulfonamides is 1. The number of nitriles is 1. The third kappa shape index (κ3) is 3.71. The fourth-order valence-electron chi connectivity index (χ4n) is 3.50. The summed E-state index contributed by atoms with van der Waals surface area (Å²) in [6, 6.07) is 5.78. The number of aromatic nitrogens is 2. The Morgan fingerprint density at radius 2 is 2.20 bits per heavy atom. The zero-order valence-electron chi connectivity index (χ0n) is 20.5. The van der Waals surface area contributed by atoms with E-state index < -0.39 is 34.3 Å². The minimum Gasteiger partial charge on any atom is -0.338 e. The number of benzene rings is 1. The number of aryl methyl sites for hydroxylation is 1. The van der Waals surface area contributed by atoms with Gasteiger partial charge in [0.15, 0.2) is 0 Å². The molecule has 3 aromatic rings. The van der Waals surface area contributed by atoms with Gasteiger partial charge in [0.05, 0.1) is 22.5 Å². The zero-order chi connectivity index (χ0) is 25.1. The molecule has 1 aliphatic carbocycles. The van der Waals surface area contributed by atoms with Crippen LogP contribution in [0.15, 0.2) is 35.4 Å². The average molecular weight is 431 g/mol. The Balaban J connectivity index is 1.90. The third-order valence-corrected chi connectivity index (χ3v) is 6.57. The van der Waals surface area contributed by atoms with E-state index in [2.05, 4.69) is 15.8 Å². The van der Waals surface area contributed by atoms with Gasteiger partial charge in [0, 0.05) is 29.6 Å². The van der Waals surface area contributed by atoms with Gasteiger partial charge in [0.25, 0.3) is 0 Å². The second-order valence-electron chi connectivity index (χ2n) is 7.72. The average Bonchev–Trinajstić information content (AvgIpc) is 3.47. The normalized spacial score (nSPS) is 17.1. The quantitative estimate of drug-likeness (QED) is 0.637. The summed E-state index contributed by atoms with van der Waals surface area (Å²) in [5.74, 6) is -0.581. The van der Waals surface area contributed by atoms with E-state index in [1.807, 2.05) is 0 Å². The molecule has 6 nitrogen and oxygen atoms in total. The lowest BCUT2D eigenvalue weighted by atomic mass is 10.1. The van der Waals surface area contributed by atoms with Crippen LogP contribution in [0.2, 0.25) is 0 Å². The van der Waals surface area contributed by atoms with Gasteiger partial charge in [-0.3, -0.25) is 4.98 Å². The highest BCUT2D eigenvalue weighted by Gasteiger charge is 2.27. The van der Waals surface area contributed by atoms with E-state index >= 15 is 0 Å². The number of hydrogen-bond acceptors (Lipinski definition) is 4. The summed E-state index contributed by atoms with van der Waals surface area (Å²) in [5, 5.41) is 10.2. The van der Waals surface area contributed by atoms with Crippen LogP contribution in [-0.2, 0) is 16.6 Å². The number of nitrogens with one attached hydrogen (secondary N) is 1. The van der Waals surface area contributed by atoms with Gasteiger partial charge in [-0.15, -0.1) is 0 Å². The highest BCUT2D eigenvalue weighted by atomic mass is 32.2. The molecule has 8 heteroatoms. The van der Waals surface area contributed by atoms with Crippen LogP contribution >= 0.6 is 0 Å². The van der Waals surface area contributed by atoms with Crippen LogP contribution in [0.25, 0.3) is 22.3 Å². The Kier molecular flexibility index (Phi) is 3.99. The highest BCUT2D eigenvalue weighted by Crippen LogP contribution is 2.38. The number of nitrogens with zero attached hydrogens (tertiary/aromatic N) is 3. The van der Waals surface area contributed by atoms with Crippen molar-refractivity contribution in [3.63, 3.8) is 0 Å². The first kappa shape index (κ1) is 16.0. The molecule has 1 aliphatic rings. The summed E-state index contributed by atoms with van der Waals surface area (Å²) in [6.45, 7) is 0.631. The molecular weight excluding hydrogens is 403 g/mol. The van der Waals surface area contributed by atoms with Crippen LogP contribution in [0.3, 0.4) is 0 Å². The lowest BCUT2D eigenvalue weighted by Gasteiger charge is -2.12. The van der Waals surface area contributed by atoms with Crippen LogP contribution in [0.1, 0.15) is 43.3 Å². The van der Waals surface area contributed by atoms with Crippen LogP contribution in [0, 0.1) is 29.9 Å². The predicted molar refractivity (Wildman–Crippen MR) is 113 cm³/mol. The second kappa shape index (κ2) is 7.49. The van der Waals surface area contributed by atoms with Crippen molar-refractivity contribution in [1.29, 1.82) is 5.26 Å². The third-order valence-electron chi connectivity index (χ3n) is 5.03. The summed E-state index contributed by atoms with van der Waals surface area (Å²) in [7, 11) is -3.99. The predicted octanol–water partition coefficient (Wildman–Crippen LogP) is 4.12. The van der Waals surface area contributed by atoms with E-state index in [0.717, 1.165) is 25.1 Å². The SMILES string of the molecule is [2H]C(C)(C)NS(=O)(=O)c1ccc(-c2c(C#N)c3cc(F)c(C([2H])([2H])[2H])cc3n2CC2CC2)nc1. The molecule has 156 valence electrons. The fourth-order valence-corrected chi connectivity index (χ4v) is 4.60. The van der Waals surface area contributed by atoms with Crippen molar-refractivity contribution in [3.8, 4) is 17.5 Å². The molecule has 0 radical (unpaired) electrons. The molecular formula is C22H23FN4O2S. The van der Waals surface area contributed by atoms with Gasteiger partial charge < -0.3 is 4.57 Å². The molecule has 30 heavy (non-hydrogen) atoms. The molecule has 1 saturated carbocycles. The summed E-state index contributed by atoms with van der Waals surface area (Å²) in [4.78, 5) is 4.13. The molecule has 1 aromatic carbocycles. The monoisotopic (exact) mass is 430 g/mol. The van der Waals surface area contributed by atoms with Crippen molar-refractivity contribution in [2.75, 3.05) is 0 Å². The molecule has 4 rings (SSSR count). The Hall–Kier alpha value is -2.76. The van der Waals surface area contributed by atoms with E-state index in [9.17, 15) is 18.1 Å².